The molecule has 0 atom stereocenters. The van der Waals surface area contributed by atoms with E-state index in [2.05, 4.69) is 16.2 Å². The second-order valence-corrected chi connectivity index (χ2v) is 2.85. The van der Waals surface area contributed by atoms with Crippen molar-refractivity contribution in [1.29, 1.82) is 0 Å². The molecule has 0 saturated heterocycles. The Morgan fingerprint density at radius 2 is 2.08 bits per heavy atom. The number of aromatic nitrogens is 2. The molecule has 0 N–H and O–H groups in total. The van der Waals surface area contributed by atoms with Gasteiger partial charge >= 0.3 is 0 Å². The fourth-order valence-corrected chi connectivity index (χ4v) is 1.23. The van der Waals surface area contributed by atoms with Crippen molar-refractivity contribution in [3.05, 3.63) is 35.8 Å². The van der Waals surface area contributed by atoms with E-state index in [0.29, 0.717) is 0 Å². The highest BCUT2D eigenvalue weighted by atomic mass is 14.9. The van der Waals surface area contributed by atoms with Crippen LogP contribution in [-0.4, -0.2) is 9.97 Å². The molecule has 2 nitrogen and oxygen atoms in total. The van der Waals surface area contributed by atoms with E-state index in [4.69, 9.17) is 0 Å². The standard InChI is InChI=1S/C10H9N2/c1-7-4-3-5-10-9(7)6-11-8(2)12-10/h3-5H,1-2H3. The zero-order valence-corrected chi connectivity index (χ0v) is 7.13. The summed E-state index contributed by atoms with van der Waals surface area (Å²) in [5, 5.41) is 1.02. The van der Waals surface area contributed by atoms with Crippen LogP contribution >= 0.6 is 0 Å². The van der Waals surface area contributed by atoms with E-state index in [1.807, 2.05) is 32.0 Å². The van der Waals surface area contributed by atoms with Gasteiger partial charge in [0.1, 0.15) is 12.0 Å². The van der Waals surface area contributed by atoms with E-state index in [0.717, 1.165) is 16.7 Å². The lowest BCUT2D eigenvalue weighted by atomic mass is 10.1. The highest BCUT2D eigenvalue weighted by Crippen LogP contribution is 2.13. The first-order chi connectivity index (χ1) is 5.77. The van der Waals surface area contributed by atoms with E-state index in [9.17, 15) is 0 Å². The van der Waals surface area contributed by atoms with Crippen molar-refractivity contribution in [2.24, 2.45) is 0 Å². The van der Waals surface area contributed by atoms with E-state index >= 15 is 0 Å². The summed E-state index contributed by atoms with van der Waals surface area (Å²) in [5.74, 6) is 0.771. The SMILES string of the molecule is Cc1n[c]c2c(C)cccc2n1. The number of benzene rings is 1. The Morgan fingerprint density at radius 3 is 2.92 bits per heavy atom. The van der Waals surface area contributed by atoms with Gasteiger partial charge < -0.3 is 0 Å². The van der Waals surface area contributed by atoms with Gasteiger partial charge in [0.2, 0.25) is 0 Å². The summed E-state index contributed by atoms with van der Waals surface area (Å²) >= 11 is 0. The Bertz CT molecular complexity index is 421. The molecule has 2 heteroatoms. The second-order valence-electron chi connectivity index (χ2n) is 2.85. The fourth-order valence-electron chi connectivity index (χ4n) is 1.23. The lowest BCUT2D eigenvalue weighted by molar-refractivity contribution is 1.08. The summed E-state index contributed by atoms with van der Waals surface area (Å²) < 4.78 is 0. The van der Waals surface area contributed by atoms with Crippen molar-refractivity contribution < 1.29 is 0 Å². The third kappa shape index (κ3) is 1.05. The van der Waals surface area contributed by atoms with Crippen LogP contribution in [0.1, 0.15) is 11.4 Å². The number of hydrogen-bond acceptors (Lipinski definition) is 2. The lowest BCUT2D eigenvalue weighted by Crippen LogP contribution is -1.89. The lowest BCUT2D eigenvalue weighted by Gasteiger charge is -1.99. The van der Waals surface area contributed by atoms with E-state index in [1.165, 1.54) is 5.56 Å². The maximum absolute atomic E-state index is 4.29. The average molecular weight is 157 g/mol. The van der Waals surface area contributed by atoms with Gasteiger partial charge in [-0.05, 0) is 25.5 Å². The fraction of sp³-hybridized carbons (Fsp3) is 0.200. The summed E-state index contributed by atoms with van der Waals surface area (Å²) in [4.78, 5) is 8.33. The van der Waals surface area contributed by atoms with Gasteiger partial charge in [-0.25, -0.2) is 9.97 Å². The zero-order valence-electron chi connectivity index (χ0n) is 7.13. The minimum absolute atomic E-state index is 0.771. The van der Waals surface area contributed by atoms with Gasteiger partial charge in [0.05, 0.1) is 5.52 Å². The molecular weight excluding hydrogens is 148 g/mol. The Labute approximate surface area is 71.3 Å². The van der Waals surface area contributed by atoms with Gasteiger partial charge in [0.15, 0.2) is 0 Å². The van der Waals surface area contributed by atoms with Gasteiger partial charge in [-0.3, -0.25) is 0 Å². The summed E-state index contributed by atoms with van der Waals surface area (Å²) in [7, 11) is 0. The molecule has 2 aromatic rings. The number of rotatable bonds is 0. The van der Waals surface area contributed by atoms with Gasteiger partial charge in [0.25, 0.3) is 0 Å². The predicted molar refractivity (Wildman–Crippen MR) is 47.8 cm³/mol. The number of nitrogens with zero attached hydrogens (tertiary/aromatic N) is 2. The molecule has 2 rings (SSSR count). The molecule has 0 aliphatic heterocycles. The molecule has 1 aromatic carbocycles. The van der Waals surface area contributed by atoms with E-state index < -0.39 is 0 Å². The van der Waals surface area contributed by atoms with Crippen LogP contribution in [0.15, 0.2) is 18.2 Å². The Kier molecular flexibility index (Phi) is 1.54. The third-order valence-electron chi connectivity index (χ3n) is 1.86. The summed E-state index contributed by atoms with van der Waals surface area (Å²) in [6.07, 6.45) is 2.97. The van der Waals surface area contributed by atoms with E-state index in [1.54, 1.807) is 0 Å². The van der Waals surface area contributed by atoms with Crippen LogP contribution in [0.4, 0.5) is 0 Å². The van der Waals surface area contributed by atoms with Crippen molar-refractivity contribution in [1.82, 2.24) is 9.97 Å². The molecule has 0 unspecified atom stereocenters. The first kappa shape index (κ1) is 7.22. The highest BCUT2D eigenvalue weighted by Gasteiger charge is 1.98. The van der Waals surface area contributed by atoms with Crippen LogP contribution in [0.25, 0.3) is 10.9 Å². The number of aryl methyl sites for hydroxylation is 2. The normalized spacial score (nSPS) is 10.5. The molecule has 12 heavy (non-hydrogen) atoms. The topological polar surface area (TPSA) is 25.8 Å². The minimum Gasteiger partial charge on any atom is -0.233 e. The molecule has 0 saturated carbocycles. The smallest absolute Gasteiger partial charge is 0.126 e. The van der Waals surface area contributed by atoms with Crippen LogP contribution in [0.5, 0.6) is 0 Å². The van der Waals surface area contributed by atoms with Crippen molar-refractivity contribution >= 4 is 10.9 Å². The molecule has 1 aromatic heterocycles. The van der Waals surface area contributed by atoms with Crippen LogP contribution < -0.4 is 0 Å². The van der Waals surface area contributed by atoms with Crippen LogP contribution in [-0.2, 0) is 0 Å². The van der Waals surface area contributed by atoms with Gasteiger partial charge in [-0.1, -0.05) is 12.1 Å². The quantitative estimate of drug-likeness (QED) is 0.585. The minimum atomic E-state index is 0.771. The molecular formula is C10H9N2. The molecule has 0 aliphatic carbocycles. The monoisotopic (exact) mass is 157 g/mol. The maximum Gasteiger partial charge on any atom is 0.126 e. The maximum atomic E-state index is 4.29. The largest absolute Gasteiger partial charge is 0.233 e. The molecule has 0 amide bonds. The van der Waals surface area contributed by atoms with E-state index in [-0.39, 0.29) is 0 Å². The van der Waals surface area contributed by atoms with Crippen LogP contribution in [0.3, 0.4) is 0 Å². The second kappa shape index (κ2) is 2.55. The molecule has 59 valence electrons. The van der Waals surface area contributed by atoms with Crippen LogP contribution in [0.2, 0.25) is 0 Å². The first-order valence-electron chi connectivity index (χ1n) is 3.89. The molecule has 1 heterocycles. The molecule has 0 spiro atoms. The zero-order chi connectivity index (χ0) is 8.55. The van der Waals surface area contributed by atoms with Crippen LogP contribution in [0, 0.1) is 20.0 Å². The third-order valence-corrected chi connectivity index (χ3v) is 1.86. The predicted octanol–water partition coefficient (Wildman–Crippen LogP) is 2.05. The average Bonchev–Trinajstić information content (AvgIpc) is 2.04. The van der Waals surface area contributed by atoms with Gasteiger partial charge in [-0.2, -0.15) is 0 Å². The van der Waals surface area contributed by atoms with Gasteiger partial charge in [-0.15, -0.1) is 0 Å². The summed E-state index contributed by atoms with van der Waals surface area (Å²) in [5.41, 5.74) is 2.15. The van der Waals surface area contributed by atoms with Crippen molar-refractivity contribution in [3.8, 4) is 0 Å². The Morgan fingerprint density at radius 1 is 1.25 bits per heavy atom. The number of fused-ring (bicyclic) bond motifs is 1. The number of hydrogen-bond donors (Lipinski definition) is 0. The molecule has 0 fully saturated rings. The Hall–Kier alpha value is -1.44. The molecule has 1 radical (unpaired) electrons. The molecule has 0 bridgehead atoms. The Balaban J connectivity index is 2.86. The summed E-state index contributed by atoms with van der Waals surface area (Å²) in [6.45, 7) is 3.91. The van der Waals surface area contributed by atoms with Crippen molar-refractivity contribution in [3.63, 3.8) is 0 Å². The highest BCUT2D eigenvalue weighted by molar-refractivity contribution is 5.80. The first-order valence-corrected chi connectivity index (χ1v) is 3.89. The molecule has 0 aliphatic rings. The summed E-state index contributed by atoms with van der Waals surface area (Å²) in [6, 6.07) is 6.02. The van der Waals surface area contributed by atoms with Gasteiger partial charge in [0, 0.05) is 5.39 Å². The van der Waals surface area contributed by atoms with Crippen molar-refractivity contribution in [2.75, 3.05) is 0 Å². The van der Waals surface area contributed by atoms with Crippen molar-refractivity contribution in [2.45, 2.75) is 13.8 Å².